The maximum absolute atomic E-state index is 3.24. The van der Waals surface area contributed by atoms with Crippen molar-refractivity contribution in [2.24, 2.45) is 0 Å². The number of hydrogen-bond donors (Lipinski definition) is 0. The fourth-order valence-electron chi connectivity index (χ4n) is 1.34. The van der Waals surface area contributed by atoms with E-state index in [1.54, 1.807) is 0 Å². The number of rotatable bonds is 1. The van der Waals surface area contributed by atoms with Crippen LogP contribution in [0.1, 0.15) is 11.1 Å². The molecule has 0 bridgehead atoms. The molecule has 11 heteroatoms. The first-order chi connectivity index (χ1) is 6.75. The summed E-state index contributed by atoms with van der Waals surface area (Å²) in [6.07, 6.45) is 0. The van der Waals surface area contributed by atoms with Crippen LogP contribution in [-0.2, 0) is 360 Å². The van der Waals surface area contributed by atoms with Gasteiger partial charge in [0.2, 0.25) is 0 Å². The van der Waals surface area contributed by atoms with Crippen LogP contribution >= 0.6 is 0 Å². The zero-order chi connectivity index (χ0) is 9.97. The van der Waals surface area contributed by atoms with Crippen LogP contribution in [0.25, 0.3) is 11.1 Å². The summed E-state index contributed by atoms with van der Waals surface area (Å²) in [5, 5.41) is 0. The Morgan fingerprint density at radius 3 is 0.840 bits per heavy atom. The van der Waals surface area contributed by atoms with E-state index in [-0.39, 0.29) is 360 Å². The molecule has 0 nitrogen and oxygen atoms in total. The van der Waals surface area contributed by atoms with Crippen LogP contribution in [0.3, 0.4) is 0 Å². The van der Waals surface area contributed by atoms with Crippen molar-refractivity contribution in [1.82, 2.24) is 0 Å². The van der Waals surface area contributed by atoms with E-state index in [0.717, 1.165) is 11.1 Å². The molecule has 0 heterocycles. The second-order valence-corrected chi connectivity index (χ2v) is 3.56. The molecule has 25 heavy (non-hydrogen) atoms. The summed E-state index contributed by atoms with van der Waals surface area (Å²) in [7, 11) is 0. The Balaban J connectivity index is -0.0000000256. The molecule has 0 aromatic heterocycles. The summed E-state index contributed by atoms with van der Waals surface area (Å²) in [5.74, 6) is 0. The topological polar surface area (TPSA) is 0 Å². The van der Waals surface area contributed by atoms with Crippen molar-refractivity contribution in [3.63, 3.8) is 0 Å². The van der Waals surface area contributed by atoms with Crippen molar-refractivity contribution in [2.75, 3.05) is 0 Å². The monoisotopic (exact) mass is 1160 g/mol. The third-order valence-electron chi connectivity index (χ3n) is 2.23. The normalized spacial score (nSPS) is 5.68. The van der Waals surface area contributed by atoms with Gasteiger partial charge < -0.3 is 0 Å². The predicted molar refractivity (Wildman–Crippen MR) is 59.0 cm³/mol. The third kappa shape index (κ3) is 30.7. The summed E-state index contributed by atoms with van der Waals surface area (Å²) in [6, 6.07) is 18.8. The summed E-state index contributed by atoms with van der Waals surface area (Å²) < 4.78 is 0. The Labute approximate surface area is 430 Å². The van der Waals surface area contributed by atoms with E-state index >= 15 is 0 Å². The van der Waals surface area contributed by atoms with Gasteiger partial charge >= 0.3 is 0 Å². The fraction of sp³-hybridized carbons (Fsp3) is 0.143. The molecule has 0 saturated carbocycles. The van der Waals surface area contributed by atoms with Crippen LogP contribution in [0.5, 0.6) is 0 Å². The van der Waals surface area contributed by atoms with Gasteiger partial charge in [-0.3, -0.25) is 0 Å². The smallest absolute Gasteiger partial charge is 0 e. The quantitative estimate of drug-likeness (QED) is 0.384. The van der Waals surface area contributed by atoms with Crippen molar-refractivity contribution in [3.8, 4) is 11.1 Å². The van der Waals surface area contributed by atoms with Crippen molar-refractivity contribution in [3.05, 3.63) is 59.7 Å². The van der Waals surface area contributed by atoms with Crippen molar-refractivity contribution >= 4 is 0 Å². The minimum Gasteiger partial charge on any atom is -0.226 e. The Kier molecular flexibility index (Phi) is 108. The van der Waals surface area contributed by atoms with Gasteiger partial charge in [-0.25, -0.2) is 11.1 Å². The van der Waals surface area contributed by atoms with E-state index in [2.05, 4.69) is 50.2 Å². The van der Waals surface area contributed by atoms with Crippen LogP contribution in [-0.4, -0.2) is 0 Å². The van der Waals surface area contributed by atoms with Gasteiger partial charge in [0, 0.05) is 360 Å². The average molecular weight is 1160 g/mol. The molecule has 0 unspecified atom stereocenters. The Morgan fingerprint density at radius 2 is 0.680 bits per heavy atom. The van der Waals surface area contributed by atoms with E-state index in [1.807, 2.05) is 12.1 Å². The van der Waals surface area contributed by atoms with Crippen LogP contribution in [0.4, 0.5) is 0 Å². The second kappa shape index (κ2) is 41.7. The molecule has 2 rings (SSSR count). The average Bonchev–Trinajstić information content (AvgIpc) is 2.21. The van der Waals surface area contributed by atoms with E-state index in [1.165, 1.54) is 11.1 Å². The zero-order valence-corrected chi connectivity index (χ0v) is 46.0. The molecule has 0 aliphatic rings. The SMILES string of the molecule is Cc1c[c-]c(-c2[c-]cc(C)cc2)cc1.[Y].[Y].[Y].[Y].[Y].[Y].[Y].[Y].[Y].[Y].[Y]. The number of aryl methyl sites for hydroxylation is 2. The molecule has 0 N–H and O–H groups in total. The molecule has 0 aliphatic carbocycles. The molecule has 0 amide bonds. The van der Waals surface area contributed by atoms with E-state index in [0.29, 0.717) is 0 Å². The first-order valence-corrected chi connectivity index (χ1v) is 4.73. The summed E-state index contributed by atoms with van der Waals surface area (Å²) in [5.41, 5.74) is 4.69. The van der Waals surface area contributed by atoms with E-state index < -0.39 is 0 Å². The molecule has 2 aromatic carbocycles. The van der Waals surface area contributed by atoms with Gasteiger partial charge in [0.1, 0.15) is 0 Å². The standard InChI is InChI=1S/C14H12.11Y/c1-11-3-7-13(8-4-11)14-9-5-12(2)6-10-14;;;;;;;;;;;/h3-7,9H,1-2H3;;;;;;;;;;;/q-2;;;;;;;;;;;. The number of hydrogen-bond acceptors (Lipinski definition) is 0. The Morgan fingerprint density at radius 1 is 0.440 bits per heavy atom. The van der Waals surface area contributed by atoms with Gasteiger partial charge in [-0.15, -0.1) is 11.1 Å². The Bertz CT molecular complexity index is 388. The van der Waals surface area contributed by atoms with Gasteiger partial charge in [0.25, 0.3) is 0 Å². The molecule has 0 aliphatic heterocycles. The minimum atomic E-state index is 0. The third-order valence-corrected chi connectivity index (χ3v) is 2.23. The Hall–Kier alpha value is 10.6. The van der Waals surface area contributed by atoms with Gasteiger partial charge in [-0.2, -0.15) is 48.5 Å². The molecular formula is C14H12Y11-2. The zero-order valence-electron chi connectivity index (χ0n) is 14.8. The van der Waals surface area contributed by atoms with Crippen molar-refractivity contribution < 1.29 is 360 Å². The van der Waals surface area contributed by atoms with Gasteiger partial charge in [-0.1, -0.05) is 13.8 Å². The van der Waals surface area contributed by atoms with E-state index in [9.17, 15) is 0 Å². The van der Waals surface area contributed by atoms with Gasteiger partial charge in [0.15, 0.2) is 0 Å². The molecule has 0 spiro atoms. The second-order valence-electron chi connectivity index (χ2n) is 3.56. The largest absolute Gasteiger partial charge is 0.226 e. The molecule has 103 valence electrons. The summed E-state index contributed by atoms with van der Waals surface area (Å²) in [4.78, 5) is 0. The molecule has 0 saturated heterocycles. The van der Waals surface area contributed by atoms with Crippen molar-refractivity contribution in [2.45, 2.75) is 13.8 Å². The van der Waals surface area contributed by atoms with Crippen LogP contribution in [0.2, 0.25) is 0 Å². The first-order valence-electron chi connectivity index (χ1n) is 4.73. The molecule has 2 aromatic rings. The predicted octanol–water partition coefficient (Wildman–Crippen LogP) is 3.54. The van der Waals surface area contributed by atoms with Crippen LogP contribution < -0.4 is 0 Å². The summed E-state index contributed by atoms with van der Waals surface area (Å²) in [6.45, 7) is 4.14. The van der Waals surface area contributed by atoms with Gasteiger partial charge in [0.05, 0.1) is 0 Å². The first kappa shape index (κ1) is 65.0. The fourth-order valence-corrected chi connectivity index (χ4v) is 1.34. The molecular weight excluding hydrogens is 1150 g/mol. The molecule has 0 fully saturated rings. The summed E-state index contributed by atoms with van der Waals surface area (Å²) >= 11 is 0. The van der Waals surface area contributed by atoms with Crippen molar-refractivity contribution in [1.29, 1.82) is 0 Å². The number of benzene rings is 2. The molecule has 0 atom stereocenters. The van der Waals surface area contributed by atoms with Crippen LogP contribution in [0, 0.1) is 26.0 Å². The maximum Gasteiger partial charge on any atom is 0 e. The van der Waals surface area contributed by atoms with Gasteiger partial charge in [-0.05, 0) is 0 Å². The molecule has 11 radical (unpaired) electrons. The maximum atomic E-state index is 3.24. The van der Waals surface area contributed by atoms with E-state index in [4.69, 9.17) is 0 Å². The minimum absolute atomic E-state index is 0. The van der Waals surface area contributed by atoms with Crippen LogP contribution in [0.15, 0.2) is 36.4 Å².